The molecule has 0 aliphatic heterocycles. The van der Waals surface area contributed by atoms with E-state index in [1.807, 2.05) is 32.0 Å². The first-order valence-electron chi connectivity index (χ1n) is 7.09. The normalized spacial score (nSPS) is 10.2. The highest BCUT2D eigenvalue weighted by atomic mass is 19.1. The topological polar surface area (TPSA) is 52.6 Å². The van der Waals surface area contributed by atoms with Gasteiger partial charge in [-0.1, -0.05) is 6.07 Å². The second kappa shape index (κ2) is 7.54. The van der Waals surface area contributed by atoms with Gasteiger partial charge in [-0.3, -0.25) is 4.79 Å². The van der Waals surface area contributed by atoms with Gasteiger partial charge in [0.2, 0.25) is 0 Å². The summed E-state index contributed by atoms with van der Waals surface area (Å²) < 4.78 is 23.0. The van der Waals surface area contributed by atoms with Crippen molar-refractivity contribution in [1.82, 2.24) is 0 Å². The highest BCUT2D eigenvalue weighted by molar-refractivity contribution is 5.97. The molecule has 0 aliphatic rings. The summed E-state index contributed by atoms with van der Waals surface area (Å²) in [5, 5.41) is 0. The number of hydrogen-bond donors (Lipinski definition) is 0. The summed E-state index contributed by atoms with van der Waals surface area (Å²) >= 11 is 0. The molecule has 0 heterocycles. The molecule has 2 aromatic rings. The number of carbonyl (C=O) groups is 2. The van der Waals surface area contributed by atoms with E-state index in [4.69, 9.17) is 9.47 Å². The molecule has 4 nitrogen and oxygen atoms in total. The first-order chi connectivity index (χ1) is 10.9. The lowest BCUT2D eigenvalue weighted by Gasteiger charge is -2.08. The molecule has 0 amide bonds. The molecule has 2 aromatic carbocycles. The minimum absolute atomic E-state index is 0.278. The van der Waals surface area contributed by atoms with Crippen LogP contribution in [0.3, 0.4) is 0 Å². The Balaban J connectivity index is 1.80. The van der Waals surface area contributed by atoms with Crippen LogP contribution in [-0.2, 0) is 9.53 Å². The summed E-state index contributed by atoms with van der Waals surface area (Å²) in [6.07, 6.45) is 0. The summed E-state index contributed by atoms with van der Waals surface area (Å²) in [5.41, 5.74) is 2.34. The molecular formula is C18H17FO4. The van der Waals surface area contributed by atoms with E-state index in [9.17, 15) is 14.0 Å². The van der Waals surface area contributed by atoms with Crippen LogP contribution in [0.2, 0.25) is 0 Å². The molecule has 0 saturated carbocycles. The Morgan fingerprint density at radius 2 is 1.57 bits per heavy atom. The molecule has 0 unspecified atom stereocenters. The summed E-state index contributed by atoms with van der Waals surface area (Å²) in [6, 6.07) is 10.7. The monoisotopic (exact) mass is 316 g/mol. The minimum atomic E-state index is -0.639. The number of ketones is 1. The van der Waals surface area contributed by atoms with Gasteiger partial charge in [-0.05, 0) is 61.4 Å². The molecule has 23 heavy (non-hydrogen) atoms. The maximum atomic E-state index is 12.8. The largest absolute Gasteiger partial charge is 0.482 e. The molecule has 5 heteroatoms. The van der Waals surface area contributed by atoms with Crippen LogP contribution in [0.5, 0.6) is 5.75 Å². The molecule has 0 N–H and O–H groups in total. The van der Waals surface area contributed by atoms with E-state index in [1.54, 1.807) is 0 Å². The van der Waals surface area contributed by atoms with E-state index >= 15 is 0 Å². The van der Waals surface area contributed by atoms with E-state index in [2.05, 4.69) is 0 Å². The lowest BCUT2D eigenvalue weighted by Crippen LogP contribution is -2.19. The molecule has 0 fully saturated rings. The number of rotatable bonds is 6. The zero-order chi connectivity index (χ0) is 16.8. The number of carbonyl (C=O) groups excluding carboxylic acids is 2. The number of benzene rings is 2. The van der Waals surface area contributed by atoms with Crippen molar-refractivity contribution in [2.75, 3.05) is 13.2 Å². The quantitative estimate of drug-likeness (QED) is 0.606. The average Bonchev–Trinajstić information content (AvgIpc) is 2.50. The molecule has 120 valence electrons. The number of hydrogen-bond acceptors (Lipinski definition) is 4. The van der Waals surface area contributed by atoms with Gasteiger partial charge in [0, 0.05) is 5.56 Å². The fourth-order valence-corrected chi connectivity index (χ4v) is 2.07. The van der Waals surface area contributed by atoms with Crippen LogP contribution in [-0.4, -0.2) is 25.0 Å². The molecule has 0 spiro atoms. The van der Waals surface area contributed by atoms with Crippen LogP contribution in [0, 0.1) is 19.7 Å². The van der Waals surface area contributed by atoms with Crippen molar-refractivity contribution in [2.24, 2.45) is 0 Å². The number of aryl methyl sites for hydroxylation is 2. The van der Waals surface area contributed by atoms with E-state index in [0.29, 0.717) is 5.75 Å². The van der Waals surface area contributed by atoms with Gasteiger partial charge in [0.15, 0.2) is 19.0 Å². The number of Topliss-reactive ketones (excluding diaryl/α,β-unsaturated/α-hetero) is 1. The summed E-state index contributed by atoms with van der Waals surface area (Å²) in [5.74, 6) is -0.894. The Hall–Kier alpha value is -2.69. The van der Waals surface area contributed by atoms with Crippen LogP contribution < -0.4 is 4.74 Å². The fourth-order valence-electron chi connectivity index (χ4n) is 2.07. The smallest absolute Gasteiger partial charge is 0.344 e. The molecule has 0 saturated heterocycles. The van der Waals surface area contributed by atoms with Gasteiger partial charge in [-0.15, -0.1) is 0 Å². The molecule has 0 aromatic heterocycles. The summed E-state index contributed by atoms with van der Waals surface area (Å²) in [4.78, 5) is 23.4. The van der Waals surface area contributed by atoms with Crippen LogP contribution in [0.1, 0.15) is 21.5 Å². The molecule has 0 atom stereocenters. The number of esters is 1. The molecule has 0 radical (unpaired) electrons. The van der Waals surface area contributed by atoms with E-state index < -0.39 is 24.2 Å². The fraction of sp³-hybridized carbons (Fsp3) is 0.222. The third-order valence-electron chi connectivity index (χ3n) is 3.08. The van der Waals surface area contributed by atoms with Gasteiger partial charge >= 0.3 is 5.97 Å². The van der Waals surface area contributed by atoms with Crippen LogP contribution in [0.25, 0.3) is 0 Å². The maximum absolute atomic E-state index is 12.8. The van der Waals surface area contributed by atoms with Gasteiger partial charge in [-0.2, -0.15) is 0 Å². The second-order valence-electron chi connectivity index (χ2n) is 5.20. The van der Waals surface area contributed by atoms with Crippen molar-refractivity contribution < 1.29 is 23.5 Å². The van der Waals surface area contributed by atoms with Crippen molar-refractivity contribution in [1.29, 1.82) is 0 Å². The SMILES string of the molecule is Cc1cc(C)cc(OCC(=O)OCC(=O)c2ccc(F)cc2)c1. The van der Waals surface area contributed by atoms with E-state index in [-0.39, 0.29) is 12.2 Å². The van der Waals surface area contributed by atoms with Crippen LogP contribution >= 0.6 is 0 Å². The Bertz CT molecular complexity index is 687. The van der Waals surface area contributed by atoms with Gasteiger partial charge in [0.1, 0.15) is 11.6 Å². The first-order valence-corrected chi connectivity index (χ1v) is 7.09. The van der Waals surface area contributed by atoms with Crippen molar-refractivity contribution in [3.8, 4) is 5.75 Å². The molecule has 2 rings (SSSR count). The van der Waals surface area contributed by atoms with Crippen molar-refractivity contribution in [3.05, 3.63) is 65.0 Å². The average molecular weight is 316 g/mol. The third kappa shape index (κ3) is 5.21. The van der Waals surface area contributed by atoms with Crippen LogP contribution in [0.4, 0.5) is 4.39 Å². The number of halogens is 1. The van der Waals surface area contributed by atoms with Crippen molar-refractivity contribution >= 4 is 11.8 Å². The van der Waals surface area contributed by atoms with Gasteiger partial charge in [-0.25, -0.2) is 9.18 Å². The highest BCUT2D eigenvalue weighted by Crippen LogP contribution is 2.16. The number of ether oxygens (including phenoxy) is 2. The predicted octanol–water partition coefficient (Wildman–Crippen LogP) is 3.25. The van der Waals surface area contributed by atoms with E-state index in [0.717, 1.165) is 11.1 Å². The van der Waals surface area contributed by atoms with E-state index in [1.165, 1.54) is 24.3 Å². The van der Waals surface area contributed by atoms with Crippen molar-refractivity contribution in [2.45, 2.75) is 13.8 Å². The van der Waals surface area contributed by atoms with Gasteiger partial charge in [0.25, 0.3) is 0 Å². The molecule has 0 aliphatic carbocycles. The lowest BCUT2D eigenvalue weighted by molar-refractivity contribution is -0.144. The van der Waals surface area contributed by atoms with Gasteiger partial charge < -0.3 is 9.47 Å². The van der Waals surface area contributed by atoms with Crippen LogP contribution in [0.15, 0.2) is 42.5 Å². The zero-order valence-corrected chi connectivity index (χ0v) is 13.0. The molecule has 0 bridgehead atoms. The zero-order valence-electron chi connectivity index (χ0n) is 13.0. The Labute approximate surface area is 133 Å². The Kier molecular flexibility index (Phi) is 5.46. The van der Waals surface area contributed by atoms with Gasteiger partial charge in [0.05, 0.1) is 0 Å². The summed E-state index contributed by atoms with van der Waals surface area (Å²) in [6.45, 7) is 3.18. The minimum Gasteiger partial charge on any atom is -0.482 e. The Morgan fingerprint density at radius 3 is 2.17 bits per heavy atom. The Morgan fingerprint density at radius 1 is 0.957 bits per heavy atom. The molecular weight excluding hydrogens is 299 g/mol. The first kappa shape index (κ1) is 16.7. The standard InChI is InChI=1S/C18H17FO4/c1-12-7-13(2)9-16(8-12)22-11-18(21)23-10-17(20)14-3-5-15(19)6-4-14/h3-9H,10-11H2,1-2H3. The predicted molar refractivity (Wildman–Crippen MR) is 83.1 cm³/mol. The third-order valence-corrected chi connectivity index (χ3v) is 3.08. The highest BCUT2D eigenvalue weighted by Gasteiger charge is 2.11. The van der Waals surface area contributed by atoms with Crippen molar-refractivity contribution in [3.63, 3.8) is 0 Å². The lowest BCUT2D eigenvalue weighted by atomic mass is 10.1. The maximum Gasteiger partial charge on any atom is 0.344 e. The second-order valence-corrected chi connectivity index (χ2v) is 5.20. The summed E-state index contributed by atoms with van der Waals surface area (Å²) in [7, 11) is 0.